The molecule has 0 spiro atoms. The lowest BCUT2D eigenvalue weighted by Crippen LogP contribution is -2.12. The summed E-state index contributed by atoms with van der Waals surface area (Å²) in [6.07, 6.45) is 1.84. The molecule has 0 radical (unpaired) electrons. The summed E-state index contributed by atoms with van der Waals surface area (Å²) in [5.41, 5.74) is 7.21. The van der Waals surface area contributed by atoms with Gasteiger partial charge in [-0.3, -0.25) is 4.98 Å². The summed E-state index contributed by atoms with van der Waals surface area (Å²) in [5.74, 6) is 1.77. The summed E-state index contributed by atoms with van der Waals surface area (Å²) in [6.45, 7) is 10.9. The van der Waals surface area contributed by atoms with Gasteiger partial charge < -0.3 is 8.83 Å². The van der Waals surface area contributed by atoms with Gasteiger partial charge in [-0.05, 0) is 65.9 Å². The first-order chi connectivity index (χ1) is 16.3. The highest BCUT2D eigenvalue weighted by atomic mass is 16.3. The number of benzene rings is 3. The van der Waals surface area contributed by atoms with Gasteiger partial charge in [0.05, 0.1) is 11.1 Å². The molecule has 0 saturated heterocycles. The smallest absolute Gasteiger partial charge is 0.138 e. The summed E-state index contributed by atoms with van der Waals surface area (Å²) < 4.78 is 12.3. The van der Waals surface area contributed by atoms with Crippen LogP contribution in [0, 0.1) is 13.8 Å². The van der Waals surface area contributed by atoms with Crippen LogP contribution in [0.1, 0.15) is 37.7 Å². The summed E-state index contributed by atoms with van der Waals surface area (Å²) in [7, 11) is 0. The SMILES string of the molecule is Cc1cc2ccc(-c3oc4ccnc(-c5cc(C(C)(C)C)c6ccccc6c5)c4c3C)cc2o1. The zero-order valence-electron chi connectivity index (χ0n) is 20.2. The highest BCUT2D eigenvalue weighted by molar-refractivity contribution is 6.01. The van der Waals surface area contributed by atoms with E-state index in [1.807, 2.05) is 19.2 Å². The van der Waals surface area contributed by atoms with E-state index in [4.69, 9.17) is 13.8 Å². The Morgan fingerprint density at radius 1 is 0.735 bits per heavy atom. The highest BCUT2D eigenvalue weighted by Crippen LogP contribution is 2.41. The number of aromatic nitrogens is 1. The van der Waals surface area contributed by atoms with E-state index in [-0.39, 0.29) is 5.41 Å². The average Bonchev–Trinajstić information content (AvgIpc) is 3.36. The zero-order chi connectivity index (χ0) is 23.6. The Morgan fingerprint density at radius 2 is 1.56 bits per heavy atom. The molecule has 34 heavy (non-hydrogen) atoms. The molecule has 6 aromatic rings. The molecule has 0 N–H and O–H groups in total. The average molecular weight is 446 g/mol. The first kappa shape index (κ1) is 20.7. The number of rotatable bonds is 2. The van der Waals surface area contributed by atoms with Crippen molar-refractivity contribution in [3.63, 3.8) is 0 Å². The van der Waals surface area contributed by atoms with Crippen molar-refractivity contribution >= 4 is 32.7 Å². The number of hydrogen-bond acceptors (Lipinski definition) is 3. The molecular formula is C31H27NO2. The molecule has 0 aliphatic carbocycles. The van der Waals surface area contributed by atoms with Gasteiger partial charge in [-0.2, -0.15) is 0 Å². The van der Waals surface area contributed by atoms with Gasteiger partial charge in [0.2, 0.25) is 0 Å². The molecule has 0 amide bonds. The Hall–Kier alpha value is -3.85. The molecular weight excluding hydrogens is 418 g/mol. The molecule has 3 aromatic carbocycles. The number of pyridine rings is 1. The van der Waals surface area contributed by atoms with Gasteiger partial charge >= 0.3 is 0 Å². The Morgan fingerprint density at radius 3 is 2.38 bits per heavy atom. The molecule has 0 unspecified atom stereocenters. The minimum atomic E-state index is 0.0106. The molecule has 0 bridgehead atoms. The van der Waals surface area contributed by atoms with Crippen LogP contribution in [0.5, 0.6) is 0 Å². The molecule has 0 fully saturated rings. The summed E-state index contributed by atoms with van der Waals surface area (Å²) >= 11 is 0. The van der Waals surface area contributed by atoms with Crippen LogP contribution in [-0.2, 0) is 5.41 Å². The lowest BCUT2D eigenvalue weighted by Gasteiger charge is -2.22. The van der Waals surface area contributed by atoms with Crippen LogP contribution in [0.4, 0.5) is 0 Å². The Balaban J connectivity index is 1.59. The fraction of sp³-hybridized carbons (Fsp3) is 0.194. The van der Waals surface area contributed by atoms with Crippen molar-refractivity contribution < 1.29 is 8.83 Å². The molecule has 0 saturated carbocycles. The molecule has 3 nitrogen and oxygen atoms in total. The molecule has 3 aromatic heterocycles. The summed E-state index contributed by atoms with van der Waals surface area (Å²) in [5, 5.41) is 4.67. The molecule has 0 aliphatic heterocycles. The monoisotopic (exact) mass is 445 g/mol. The van der Waals surface area contributed by atoms with E-state index in [0.29, 0.717) is 0 Å². The van der Waals surface area contributed by atoms with E-state index in [1.54, 1.807) is 0 Å². The van der Waals surface area contributed by atoms with Crippen molar-refractivity contribution in [3.8, 4) is 22.6 Å². The maximum absolute atomic E-state index is 6.41. The second kappa shape index (κ2) is 7.33. The van der Waals surface area contributed by atoms with E-state index in [1.165, 1.54) is 16.3 Å². The normalized spacial score (nSPS) is 12.3. The Labute approximate surface area is 199 Å². The van der Waals surface area contributed by atoms with Gasteiger partial charge in [-0.1, -0.05) is 57.2 Å². The second-order valence-electron chi connectivity index (χ2n) is 10.2. The van der Waals surface area contributed by atoms with E-state index >= 15 is 0 Å². The largest absolute Gasteiger partial charge is 0.461 e. The maximum Gasteiger partial charge on any atom is 0.138 e. The topological polar surface area (TPSA) is 39.2 Å². The van der Waals surface area contributed by atoms with Crippen LogP contribution in [0.2, 0.25) is 0 Å². The van der Waals surface area contributed by atoms with Crippen molar-refractivity contribution in [2.24, 2.45) is 0 Å². The third-order valence-electron chi connectivity index (χ3n) is 6.69. The Kier molecular flexibility index (Phi) is 4.47. The summed E-state index contributed by atoms with van der Waals surface area (Å²) in [6, 6.07) is 23.4. The van der Waals surface area contributed by atoms with Crippen LogP contribution < -0.4 is 0 Å². The van der Waals surface area contributed by atoms with Gasteiger partial charge in [-0.15, -0.1) is 0 Å². The predicted molar refractivity (Wildman–Crippen MR) is 140 cm³/mol. The van der Waals surface area contributed by atoms with Crippen LogP contribution in [0.15, 0.2) is 81.8 Å². The maximum atomic E-state index is 6.41. The van der Waals surface area contributed by atoms with Gasteiger partial charge in [0.25, 0.3) is 0 Å². The van der Waals surface area contributed by atoms with Crippen molar-refractivity contribution in [2.75, 3.05) is 0 Å². The van der Waals surface area contributed by atoms with Gasteiger partial charge in [0.15, 0.2) is 0 Å². The molecule has 3 heterocycles. The standard InChI is InChI=1S/C31H27NO2/c1-18-14-21-10-11-22(17-27(21)33-18)30-19(2)28-26(34-30)12-13-32-29(28)23-15-20-8-6-7-9-24(20)25(16-23)31(3,4)5/h6-17H,1-5H3. The highest BCUT2D eigenvalue weighted by Gasteiger charge is 2.22. The lowest BCUT2D eigenvalue weighted by molar-refractivity contribution is 0.578. The number of nitrogens with zero attached hydrogens (tertiary/aromatic N) is 1. The molecule has 168 valence electrons. The molecule has 0 atom stereocenters. The number of hydrogen-bond donors (Lipinski definition) is 0. The third-order valence-corrected chi connectivity index (χ3v) is 6.69. The van der Waals surface area contributed by atoms with Crippen LogP contribution in [0.25, 0.3) is 55.3 Å². The molecule has 3 heteroatoms. The van der Waals surface area contributed by atoms with Crippen molar-refractivity contribution in [2.45, 2.75) is 40.0 Å². The minimum Gasteiger partial charge on any atom is -0.461 e. The van der Waals surface area contributed by atoms with Crippen LogP contribution >= 0.6 is 0 Å². The van der Waals surface area contributed by atoms with E-state index in [2.05, 4.69) is 88.4 Å². The quantitative estimate of drug-likeness (QED) is 0.267. The van der Waals surface area contributed by atoms with Gasteiger partial charge in [0.1, 0.15) is 22.7 Å². The third kappa shape index (κ3) is 3.23. The number of fused-ring (bicyclic) bond motifs is 3. The van der Waals surface area contributed by atoms with Crippen LogP contribution in [0.3, 0.4) is 0 Å². The van der Waals surface area contributed by atoms with E-state index in [0.717, 1.165) is 55.8 Å². The Bertz CT molecular complexity index is 1710. The lowest BCUT2D eigenvalue weighted by atomic mass is 9.82. The van der Waals surface area contributed by atoms with Crippen molar-refractivity contribution in [1.29, 1.82) is 0 Å². The zero-order valence-corrected chi connectivity index (χ0v) is 20.2. The molecule has 6 rings (SSSR count). The number of aryl methyl sites for hydroxylation is 2. The van der Waals surface area contributed by atoms with E-state index in [9.17, 15) is 0 Å². The van der Waals surface area contributed by atoms with Crippen LogP contribution in [-0.4, -0.2) is 4.98 Å². The predicted octanol–water partition coefficient (Wildman–Crippen LogP) is 8.98. The summed E-state index contributed by atoms with van der Waals surface area (Å²) in [4.78, 5) is 4.85. The van der Waals surface area contributed by atoms with E-state index < -0.39 is 0 Å². The fourth-order valence-corrected chi connectivity index (χ4v) is 5.06. The number of furan rings is 2. The second-order valence-corrected chi connectivity index (χ2v) is 10.2. The fourth-order valence-electron chi connectivity index (χ4n) is 5.06. The van der Waals surface area contributed by atoms with Gasteiger partial charge in [0, 0.05) is 28.3 Å². The van der Waals surface area contributed by atoms with Crippen molar-refractivity contribution in [3.05, 3.63) is 89.8 Å². The first-order valence-electron chi connectivity index (χ1n) is 11.7. The first-order valence-corrected chi connectivity index (χ1v) is 11.7. The van der Waals surface area contributed by atoms with Crippen molar-refractivity contribution in [1.82, 2.24) is 4.98 Å². The van der Waals surface area contributed by atoms with Gasteiger partial charge in [-0.25, -0.2) is 0 Å². The minimum absolute atomic E-state index is 0.0106. The molecule has 0 aliphatic rings.